The Morgan fingerprint density at radius 1 is 1.21 bits per heavy atom. The molecule has 1 amide bonds. The second kappa shape index (κ2) is 4.64. The van der Waals surface area contributed by atoms with Crippen LogP contribution in [0.5, 0.6) is 0 Å². The largest absolute Gasteiger partial charge is 0.394 e. The van der Waals surface area contributed by atoms with Crippen molar-refractivity contribution in [1.29, 1.82) is 0 Å². The van der Waals surface area contributed by atoms with Gasteiger partial charge in [-0.2, -0.15) is 0 Å². The van der Waals surface area contributed by atoms with Crippen LogP contribution in [0, 0.1) is 0 Å². The monoisotopic (exact) mass is 257 g/mol. The van der Waals surface area contributed by atoms with Crippen LogP contribution in [0.15, 0.2) is 42.5 Å². The van der Waals surface area contributed by atoms with Gasteiger partial charge in [-0.15, -0.1) is 0 Å². The fourth-order valence-corrected chi connectivity index (χ4v) is 2.20. The van der Waals surface area contributed by atoms with Crippen LogP contribution >= 0.6 is 0 Å². The summed E-state index contributed by atoms with van der Waals surface area (Å²) in [5.74, 6) is -0.178. The Morgan fingerprint density at radius 3 is 2.58 bits per heavy atom. The maximum atomic E-state index is 12.2. The molecule has 0 spiro atoms. The molecule has 4 nitrogen and oxygen atoms in total. The summed E-state index contributed by atoms with van der Waals surface area (Å²) in [6.07, 6.45) is 0. The van der Waals surface area contributed by atoms with Crippen LogP contribution in [0.2, 0.25) is 0 Å². The van der Waals surface area contributed by atoms with Gasteiger partial charge in [0.25, 0.3) is 5.91 Å². The highest BCUT2D eigenvalue weighted by Crippen LogP contribution is 2.19. The first-order valence-corrected chi connectivity index (χ1v) is 6.22. The topological polar surface area (TPSA) is 58.6 Å². The van der Waals surface area contributed by atoms with E-state index in [9.17, 15) is 9.90 Å². The first-order valence-electron chi connectivity index (χ1n) is 6.22. The van der Waals surface area contributed by atoms with Gasteiger partial charge in [-0.05, 0) is 22.9 Å². The molecule has 1 fully saturated rings. The summed E-state index contributed by atoms with van der Waals surface area (Å²) >= 11 is 0. The molecule has 98 valence electrons. The van der Waals surface area contributed by atoms with E-state index >= 15 is 0 Å². The summed E-state index contributed by atoms with van der Waals surface area (Å²) in [5, 5.41) is 14.3. The number of aliphatic hydroxyl groups is 1. The predicted molar refractivity (Wildman–Crippen MR) is 72.1 cm³/mol. The van der Waals surface area contributed by atoms with Gasteiger partial charge in [0.2, 0.25) is 0 Å². The molecule has 1 heterocycles. The Morgan fingerprint density at radius 2 is 1.95 bits per heavy atom. The summed E-state index contributed by atoms with van der Waals surface area (Å²) in [6, 6.07) is 13.5. The minimum atomic E-state index is -0.608. The summed E-state index contributed by atoms with van der Waals surface area (Å²) < 4.78 is 5.06. The number of fused-ring (bicyclic) bond motifs is 1. The van der Waals surface area contributed by atoms with Gasteiger partial charge in [0.05, 0.1) is 19.8 Å². The van der Waals surface area contributed by atoms with E-state index < -0.39 is 5.54 Å². The van der Waals surface area contributed by atoms with E-state index in [1.807, 2.05) is 36.4 Å². The molecule has 2 N–H and O–H groups in total. The van der Waals surface area contributed by atoms with Crippen molar-refractivity contribution in [2.24, 2.45) is 0 Å². The highest BCUT2D eigenvalue weighted by molar-refractivity contribution is 5.99. The standard InChI is InChI=1S/C15H15NO3/c17-8-15(9-19-10-15)16-14(18)13-6-5-11-3-1-2-4-12(11)7-13/h1-7,17H,8-10H2,(H,16,18). The molecular weight excluding hydrogens is 242 g/mol. The van der Waals surface area contributed by atoms with Gasteiger partial charge in [0.1, 0.15) is 5.54 Å². The fourth-order valence-electron chi connectivity index (χ4n) is 2.20. The molecule has 1 aliphatic rings. The molecule has 2 aromatic rings. The number of rotatable bonds is 3. The lowest BCUT2D eigenvalue weighted by Crippen LogP contribution is -2.64. The maximum absolute atomic E-state index is 12.2. The molecule has 0 bridgehead atoms. The van der Waals surface area contributed by atoms with E-state index in [0.29, 0.717) is 18.8 Å². The van der Waals surface area contributed by atoms with E-state index in [0.717, 1.165) is 10.8 Å². The molecule has 1 saturated heterocycles. The zero-order chi connectivity index (χ0) is 13.3. The predicted octanol–water partition coefficient (Wildman–Crippen LogP) is 1.33. The first kappa shape index (κ1) is 12.1. The quantitative estimate of drug-likeness (QED) is 0.872. The van der Waals surface area contributed by atoms with Crippen LogP contribution in [0.4, 0.5) is 0 Å². The van der Waals surface area contributed by atoms with E-state index in [1.165, 1.54) is 0 Å². The van der Waals surface area contributed by atoms with Gasteiger partial charge < -0.3 is 15.2 Å². The zero-order valence-corrected chi connectivity index (χ0v) is 10.4. The first-order chi connectivity index (χ1) is 9.22. The van der Waals surface area contributed by atoms with Crippen molar-refractivity contribution in [1.82, 2.24) is 5.32 Å². The van der Waals surface area contributed by atoms with Gasteiger partial charge in [-0.25, -0.2) is 0 Å². The number of carbonyl (C=O) groups is 1. The van der Waals surface area contributed by atoms with E-state index in [-0.39, 0.29) is 12.5 Å². The van der Waals surface area contributed by atoms with Gasteiger partial charge in [-0.3, -0.25) is 4.79 Å². The molecule has 0 unspecified atom stereocenters. The third-order valence-corrected chi connectivity index (χ3v) is 3.45. The van der Waals surface area contributed by atoms with Crippen molar-refractivity contribution in [2.75, 3.05) is 19.8 Å². The molecular formula is C15H15NO3. The maximum Gasteiger partial charge on any atom is 0.251 e. The Balaban J connectivity index is 1.85. The summed E-state index contributed by atoms with van der Waals surface area (Å²) in [6.45, 7) is 0.623. The molecule has 4 heteroatoms. The van der Waals surface area contributed by atoms with Gasteiger partial charge in [-0.1, -0.05) is 30.3 Å². The number of hydrogen-bond acceptors (Lipinski definition) is 3. The number of nitrogens with one attached hydrogen (secondary N) is 1. The van der Waals surface area contributed by atoms with Crippen molar-refractivity contribution < 1.29 is 14.6 Å². The minimum absolute atomic E-state index is 0.105. The molecule has 19 heavy (non-hydrogen) atoms. The summed E-state index contributed by atoms with van der Waals surface area (Å²) in [7, 11) is 0. The SMILES string of the molecule is O=C(NC1(CO)COC1)c1ccc2ccccc2c1. The molecule has 0 saturated carbocycles. The number of benzene rings is 2. The van der Waals surface area contributed by atoms with Gasteiger partial charge >= 0.3 is 0 Å². The molecule has 0 radical (unpaired) electrons. The molecule has 0 aromatic heterocycles. The zero-order valence-electron chi connectivity index (χ0n) is 10.4. The second-order valence-electron chi connectivity index (χ2n) is 4.95. The van der Waals surface area contributed by atoms with Crippen LogP contribution in [0.25, 0.3) is 10.8 Å². The van der Waals surface area contributed by atoms with Crippen molar-refractivity contribution in [3.8, 4) is 0 Å². The number of hydrogen-bond donors (Lipinski definition) is 2. The van der Waals surface area contributed by atoms with Crippen LogP contribution in [0.3, 0.4) is 0 Å². The molecule has 2 aromatic carbocycles. The average Bonchev–Trinajstić information content (AvgIpc) is 2.42. The lowest BCUT2D eigenvalue weighted by molar-refractivity contribution is -0.0919. The highest BCUT2D eigenvalue weighted by Gasteiger charge is 2.39. The summed E-state index contributed by atoms with van der Waals surface area (Å²) in [5.41, 5.74) is -0.0126. The van der Waals surface area contributed by atoms with E-state index in [1.54, 1.807) is 6.07 Å². The smallest absolute Gasteiger partial charge is 0.251 e. The van der Waals surface area contributed by atoms with Crippen molar-refractivity contribution in [3.63, 3.8) is 0 Å². The van der Waals surface area contributed by atoms with Crippen molar-refractivity contribution in [3.05, 3.63) is 48.0 Å². The minimum Gasteiger partial charge on any atom is -0.394 e. The average molecular weight is 257 g/mol. The summed E-state index contributed by atoms with van der Waals surface area (Å²) in [4.78, 5) is 12.2. The van der Waals surface area contributed by atoms with E-state index in [2.05, 4.69) is 5.32 Å². The lowest BCUT2D eigenvalue weighted by atomic mass is 9.97. The molecule has 0 aliphatic carbocycles. The van der Waals surface area contributed by atoms with Crippen LogP contribution in [0.1, 0.15) is 10.4 Å². The number of amides is 1. The number of aliphatic hydroxyl groups excluding tert-OH is 1. The molecule has 1 aliphatic heterocycles. The van der Waals surface area contributed by atoms with Crippen LogP contribution in [-0.2, 0) is 4.74 Å². The van der Waals surface area contributed by atoms with E-state index in [4.69, 9.17) is 4.74 Å². The Bertz CT molecular complexity index is 614. The van der Waals surface area contributed by atoms with Crippen LogP contribution in [-0.4, -0.2) is 36.4 Å². The molecule has 0 atom stereocenters. The third-order valence-electron chi connectivity index (χ3n) is 3.45. The Labute approximate surface area is 111 Å². The number of ether oxygens (including phenoxy) is 1. The van der Waals surface area contributed by atoms with Crippen LogP contribution < -0.4 is 5.32 Å². The highest BCUT2D eigenvalue weighted by atomic mass is 16.5. The van der Waals surface area contributed by atoms with Crippen molar-refractivity contribution in [2.45, 2.75) is 5.54 Å². The fraction of sp³-hybridized carbons (Fsp3) is 0.267. The Kier molecular flexibility index (Phi) is 2.97. The second-order valence-corrected chi connectivity index (χ2v) is 4.95. The van der Waals surface area contributed by atoms with Crippen molar-refractivity contribution >= 4 is 16.7 Å². The third kappa shape index (κ3) is 2.20. The Hall–Kier alpha value is -1.91. The molecule has 3 rings (SSSR count). The van der Waals surface area contributed by atoms with Gasteiger partial charge in [0, 0.05) is 5.56 Å². The normalized spacial score (nSPS) is 16.9. The van der Waals surface area contributed by atoms with Gasteiger partial charge in [0.15, 0.2) is 0 Å². The lowest BCUT2D eigenvalue weighted by Gasteiger charge is -2.40. The number of carbonyl (C=O) groups excluding carboxylic acids is 1.